The van der Waals surface area contributed by atoms with Gasteiger partial charge < -0.3 is 29.1 Å². The molecule has 2 aromatic heterocycles. The van der Waals surface area contributed by atoms with E-state index in [1.165, 1.54) is 13.4 Å². The summed E-state index contributed by atoms with van der Waals surface area (Å²) >= 11 is 0. The van der Waals surface area contributed by atoms with E-state index < -0.39 is 27.0 Å². The standard InChI is InChI=1S/C27H36N7O4P.CH4O/c1-17(2)34(18(3)4)39(36-14-13-28-7)38-23-19(5)27(37-20(23)6)33-16-31-22-24(29-15-30-25(22)33)32-26(35)21-11-9-8-10-12-21;1-2/h8-12,15-20,23,27H,13-14H2,1-6H3,(H,29,30,32,35);2H,1H3/t19?,20-,23?,27-,39?;/m1./s1/i6D;2T. The van der Waals surface area contributed by atoms with E-state index in [9.17, 15) is 4.79 Å². The minimum absolute atomic E-state index is 0.0000866. The third kappa shape index (κ3) is 7.63. The largest absolute Gasteiger partial charge is 0.400 e. The number of rotatable bonds is 11. The van der Waals surface area contributed by atoms with Crippen molar-refractivity contribution in [1.29, 1.82) is 1.43 Å². The molecule has 3 heterocycles. The molecule has 222 valence electrons. The van der Waals surface area contributed by atoms with Crippen LogP contribution in [0.2, 0.25) is 0 Å². The van der Waals surface area contributed by atoms with Gasteiger partial charge in [0.25, 0.3) is 14.4 Å². The molecule has 0 radical (unpaired) electrons. The fourth-order valence-electron chi connectivity index (χ4n) is 4.66. The molecule has 1 aliphatic rings. The molecule has 12 nitrogen and oxygen atoms in total. The SMILES string of the molecule is [2H]C[C@H]1O[C@@H](n2cnc3c(NC(=O)c4ccccc4)ncnc32)C(C)C1OP(OCC[N+]#[C-])N(C(C)C)C(C)C.[3H]OC. The number of aliphatic hydroxyl groups excluding tert-OH is 1. The fraction of sp³-hybridized carbons (Fsp3) is 0.536. The van der Waals surface area contributed by atoms with E-state index >= 15 is 0 Å². The number of imidazole rings is 1. The normalized spacial score (nSPS) is 21.8. The van der Waals surface area contributed by atoms with Crippen LogP contribution >= 0.6 is 8.53 Å². The van der Waals surface area contributed by atoms with Gasteiger partial charge in [0.05, 0.1) is 18.5 Å². The first kappa shape index (κ1) is 29.5. The van der Waals surface area contributed by atoms with Crippen LogP contribution in [0.4, 0.5) is 5.82 Å². The molecule has 5 atom stereocenters. The molecule has 0 spiro atoms. The Balaban J connectivity index is 0.00000162. The van der Waals surface area contributed by atoms with Gasteiger partial charge in [-0.2, -0.15) is 0 Å². The van der Waals surface area contributed by atoms with Crippen molar-refractivity contribution in [3.05, 3.63) is 60.0 Å². The summed E-state index contributed by atoms with van der Waals surface area (Å²) in [5.41, 5.74) is 1.44. The van der Waals surface area contributed by atoms with E-state index in [1.54, 1.807) is 35.2 Å². The molecular formula is C28H40N7O5P. The third-order valence-electron chi connectivity index (χ3n) is 6.41. The molecule has 1 saturated heterocycles. The zero-order chi connectivity index (χ0) is 31.5. The molecule has 4 rings (SSSR count). The molecule has 0 saturated carbocycles. The van der Waals surface area contributed by atoms with E-state index in [-0.39, 0.29) is 44.0 Å². The molecule has 1 aliphatic heterocycles. The third-order valence-corrected chi connectivity index (χ3v) is 8.54. The van der Waals surface area contributed by atoms with Crippen LogP contribution in [0.3, 0.4) is 0 Å². The number of carbonyl (C=O) groups excluding carboxylic acids is 1. The molecule has 1 fully saturated rings. The second-order valence-electron chi connectivity index (χ2n) is 9.88. The van der Waals surface area contributed by atoms with Gasteiger partial charge >= 0.3 is 0 Å². The minimum atomic E-state index is -1.50. The zero-order valence-corrected chi connectivity index (χ0v) is 25.2. The van der Waals surface area contributed by atoms with Gasteiger partial charge in [-0.15, -0.1) is 0 Å². The lowest BCUT2D eigenvalue weighted by atomic mass is 10.0. The summed E-state index contributed by atoms with van der Waals surface area (Å²) in [6.45, 7) is 18.0. The number of fused-ring (bicyclic) bond motifs is 1. The summed E-state index contributed by atoms with van der Waals surface area (Å²) in [5, 5.41) is 6.33. The Hall–Kier alpha value is -3.04. The van der Waals surface area contributed by atoms with Crippen molar-refractivity contribution in [3.8, 4) is 0 Å². The summed E-state index contributed by atoms with van der Waals surface area (Å²) < 4.78 is 37.0. The van der Waals surface area contributed by atoms with Gasteiger partial charge in [0.1, 0.15) is 19.2 Å². The lowest BCUT2D eigenvalue weighted by Crippen LogP contribution is -2.36. The van der Waals surface area contributed by atoms with Crippen LogP contribution in [0, 0.1) is 12.5 Å². The summed E-state index contributed by atoms with van der Waals surface area (Å²) in [6.07, 6.45) is 1.55. The molecule has 1 amide bonds. The number of aromatic nitrogens is 4. The van der Waals surface area contributed by atoms with Crippen LogP contribution in [0.25, 0.3) is 16.0 Å². The number of nitrogens with zero attached hydrogens (tertiary/aromatic N) is 6. The van der Waals surface area contributed by atoms with Crippen LogP contribution < -0.4 is 5.32 Å². The average molecular weight is 589 g/mol. The Kier molecular flexibility index (Phi) is 11.0. The highest BCUT2D eigenvalue weighted by Crippen LogP contribution is 2.51. The van der Waals surface area contributed by atoms with E-state index in [1.807, 2.05) is 13.0 Å². The Bertz CT molecular complexity index is 1340. The maximum Gasteiger partial charge on any atom is 0.259 e. The molecule has 2 N–H and O–H groups in total. The van der Waals surface area contributed by atoms with Crippen molar-refractivity contribution in [3.63, 3.8) is 0 Å². The van der Waals surface area contributed by atoms with Crippen LogP contribution in [-0.4, -0.2) is 81.2 Å². The molecule has 1 aromatic carbocycles. The number of aliphatic hydroxyl groups is 1. The molecular weight excluding hydrogens is 545 g/mol. The molecule has 13 heteroatoms. The highest BCUT2D eigenvalue weighted by molar-refractivity contribution is 7.44. The maximum atomic E-state index is 12.7. The summed E-state index contributed by atoms with van der Waals surface area (Å²) in [5.74, 6) is -0.176. The van der Waals surface area contributed by atoms with Gasteiger partial charge in [0.15, 0.2) is 17.0 Å². The topological polar surface area (TPSA) is 128 Å². The quantitative estimate of drug-likeness (QED) is 0.182. The Labute approximate surface area is 245 Å². The second-order valence-corrected chi connectivity index (χ2v) is 11.3. The molecule has 3 unspecified atom stereocenters. The van der Waals surface area contributed by atoms with Crippen LogP contribution in [-0.2, 0) is 13.8 Å². The van der Waals surface area contributed by atoms with Gasteiger partial charge in [0.2, 0.25) is 7.98 Å². The highest BCUT2D eigenvalue weighted by Gasteiger charge is 2.45. The Morgan fingerprint density at radius 1 is 1.32 bits per heavy atom. The van der Waals surface area contributed by atoms with Crippen molar-refractivity contribution < 1.29 is 25.1 Å². The van der Waals surface area contributed by atoms with Crippen molar-refractivity contribution in [2.75, 3.05) is 25.6 Å². The van der Waals surface area contributed by atoms with Crippen LogP contribution in [0.1, 0.15) is 59.5 Å². The predicted molar refractivity (Wildman–Crippen MR) is 158 cm³/mol. The average Bonchev–Trinajstić information content (AvgIpc) is 3.54. The molecule has 41 heavy (non-hydrogen) atoms. The van der Waals surface area contributed by atoms with E-state index in [0.29, 0.717) is 22.5 Å². The monoisotopic (exact) mass is 588 g/mol. The molecule has 3 aromatic rings. The van der Waals surface area contributed by atoms with Crippen molar-refractivity contribution in [2.45, 2.75) is 72.0 Å². The van der Waals surface area contributed by atoms with Crippen molar-refractivity contribution in [2.24, 2.45) is 5.92 Å². The Morgan fingerprint density at radius 3 is 2.66 bits per heavy atom. The number of anilines is 1. The maximum absolute atomic E-state index is 12.7. The number of benzene rings is 1. The lowest BCUT2D eigenvalue weighted by molar-refractivity contribution is -0.00899. The van der Waals surface area contributed by atoms with E-state index in [2.05, 4.69) is 62.6 Å². The van der Waals surface area contributed by atoms with Crippen molar-refractivity contribution >= 4 is 31.4 Å². The highest BCUT2D eigenvalue weighted by atomic mass is 31.2. The fourth-order valence-corrected chi connectivity index (χ4v) is 6.49. The molecule has 0 bridgehead atoms. The smallest absolute Gasteiger partial charge is 0.259 e. The molecule has 0 aliphatic carbocycles. The minimum Gasteiger partial charge on any atom is -0.400 e. The Morgan fingerprint density at radius 2 is 2.02 bits per heavy atom. The number of amides is 1. The van der Waals surface area contributed by atoms with Gasteiger partial charge in [-0.25, -0.2) is 26.2 Å². The summed E-state index contributed by atoms with van der Waals surface area (Å²) in [4.78, 5) is 29.3. The number of hydrogen-bond donors (Lipinski definition) is 2. The van der Waals surface area contributed by atoms with Gasteiger partial charge in [0, 0.05) is 32.0 Å². The first-order valence-corrected chi connectivity index (χ1v) is 14.5. The zero-order valence-electron chi connectivity index (χ0n) is 26.3. The van der Waals surface area contributed by atoms with Crippen LogP contribution in [0.15, 0.2) is 43.0 Å². The first-order valence-electron chi connectivity index (χ1n) is 14.5. The number of carbonyl (C=O) groups is 1. The second kappa shape index (κ2) is 15.3. The lowest BCUT2D eigenvalue weighted by Gasteiger charge is -2.37. The van der Waals surface area contributed by atoms with Crippen molar-refractivity contribution in [1.82, 2.24) is 24.2 Å². The van der Waals surface area contributed by atoms with E-state index in [4.69, 9.17) is 23.2 Å². The van der Waals surface area contributed by atoms with Gasteiger partial charge in [-0.05, 0) is 46.7 Å². The number of ether oxygens (including phenoxy) is 1. The van der Waals surface area contributed by atoms with Gasteiger partial charge in [-0.3, -0.25) is 9.36 Å². The summed E-state index contributed by atoms with van der Waals surface area (Å²) in [6, 6.07) is 9.19. The number of nitrogens with one attached hydrogen (secondary N) is 1. The first-order chi connectivity index (χ1) is 20.7. The summed E-state index contributed by atoms with van der Waals surface area (Å²) in [7, 11) is -0.213. The van der Waals surface area contributed by atoms with E-state index in [0.717, 1.165) is 0 Å². The number of hydrogen-bond acceptors (Lipinski definition) is 9. The predicted octanol–water partition coefficient (Wildman–Crippen LogP) is 4.91. The van der Waals surface area contributed by atoms with Crippen LogP contribution in [0.5, 0.6) is 0 Å². The van der Waals surface area contributed by atoms with Gasteiger partial charge in [-0.1, -0.05) is 25.1 Å².